The lowest BCUT2D eigenvalue weighted by molar-refractivity contribution is 0.447. The number of unbranched alkanes of at least 4 members (excludes halogenated alkanes) is 2. The molecule has 0 unspecified atom stereocenters. The second kappa shape index (κ2) is 8.21. The highest BCUT2D eigenvalue weighted by atomic mass is 19.2. The van der Waals surface area contributed by atoms with Gasteiger partial charge in [-0.25, -0.2) is 22.0 Å². The van der Waals surface area contributed by atoms with E-state index in [1.165, 1.54) is 11.6 Å². The van der Waals surface area contributed by atoms with E-state index in [2.05, 4.69) is 13.0 Å². The topological polar surface area (TPSA) is 0 Å². The fourth-order valence-electron chi connectivity index (χ4n) is 4.22. The highest BCUT2D eigenvalue weighted by Crippen LogP contribution is 2.40. The maximum absolute atomic E-state index is 15.3. The summed E-state index contributed by atoms with van der Waals surface area (Å²) in [5.41, 5.74) is 2.90. The van der Waals surface area contributed by atoms with Crippen molar-refractivity contribution in [1.29, 1.82) is 0 Å². The van der Waals surface area contributed by atoms with E-state index >= 15 is 4.39 Å². The lowest BCUT2D eigenvalue weighted by atomic mass is 9.82. The molecule has 0 nitrogen and oxygen atoms in total. The lowest BCUT2D eigenvalue weighted by Gasteiger charge is -2.23. The Kier molecular flexibility index (Phi) is 5.63. The molecular weight excluding hydrogens is 395 g/mol. The van der Waals surface area contributed by atoms with Gasteiger partial charge in [0.1, 0.15) is 11.6 Å². The van der Waals surface area contributed by atoms with Crippen LogP contribution in [0.2, 0.25) is 0 Å². The van der Waals surface area contributed by atoms with Crippen LogP contribution in [0.25, 0.3) is 22.3 Å². The summed E-state index contributed by atoms with van der Waals surface area (Å²) in [5.74, 6) is -6.42. The Morgan fingerprint density at radius 1 is 0.733 bits per heavy atom. The van der Waals surface area contributed by atoms with Gasteiger partial charge in [0.25, 0.3) is 0 Å². The van der Waals surface area contributed by atoms with E-state index in [0.29, 0.717) is 36.1 Å². The van der Waals surface area contributed by atoms with E-state index in [-0.39, 0.29) is 5.56 Å². The summed E-state index contributed by atoms with van der Waals surface area (Å²) in [6.07, 6.45) is 5.31. The monoisotopic (exact) mass is 416 g/mol. The summed E-state index contributed by atoms with van der Waals surface area (Å²) in [5, 5.41) is 0. The van der Waals surface area contributed by atoms with Crippen LogP contribution in [0.1, 0.15) is 42.9 Å². The van der Waals surface area contributed by atoms with Gasteiger partial charge >= 0.3 is 0 Å². The second-order valence-electron chi connectivity index (χ2n) is 7.78. The molecule has 156 valence electrons. The van der Waals surface area contributed by atoms with Crippen molar-refractivity contribution in [2.45, 2.75) is 45.4 Å². The van der Waals surface area contributed by atoms with Crippen LogP contribution in [0, 0.1) is 29.1 Å². The van der Waals surface area contributed by atoms with Crippen molar-refractivity contribution < 1.29 is 22.0 Å². The van der Waals surface area contributed by atoms with E-state index in [4.69, 9.17) is 0 Å². The molecule has 5 heteroatoms. The number of hydrogen-bond acceptors (Lipinski definition) is 0. The van der Waals surface area contributed by atoms with Gasteiger partial charge in [-0.15, -0.1) is 0 Å². The Morgan fingerprint density at radius 2 is 1.47 bits per heavy atom. The average Bonchev–Trinajstić information content (AvgIpc) is 2.72. The van der Waals surface area contributed by atoms with Gasteiger partial charge in [0.2, 0.25) is 0 Å². The molecule has 0 saturated carbocycles. The summed E-state index contributed by atoms with van der Waals surface area (Å²) >= 11 is 0. The molecule has 0 heterocycles. The number of hydrogen-bond donors (Lipinski definition) is 0. The molecule has 0 amide bonds. The van der Waals surface area contributed by atoms with Crippen LogP contribution < -0.4 is 0 Å². The van der Waals surface area contributed by atoms with Crippen molar-refractivity contribution in [1.82, 2.24) is 0 Å². The van der Waals surface area contributed by atoms with E-state index in [0.717, 1.165) is 36.8 Å². The SMILES string of the molecule is CCCCCc1ccc2c(c1)CCc1c-2cc(F)c(-c2cc(F)c(F)c(F)c2)c1F. The summed E-state index contributed by atoms with van der Waals surface area (Å²) < 4.78 is 70.6. The zero-order valence-corrected chi connectivity index (χ0v) is 16.6. The molecule has 0 fully saturated rings. The molecule has 0 aliphatic heterocycles. The van der Waals surface area contributed by atoms with Gasteiger partial charge in [0.05, 0.1) is 5.56 Å². The quantitative estimate of drug-likeness (QED) is 0.229. The van der Waals surface area contributed by atoms with Crippen LogP contribution in [0.5, 0.6) is 0 Å². The number of benzene rings is 3. The Morgan fingerprint density at radius 3 is 2.17 bits per heavy atom. The number of halogens is 5. The van der Waals surface area contributed by atoms with Gasteiger partial charge in [-0.1, -0.05) is 38.0 Å². The van der Waals surface area contributed by atoms with Crippen molar-refractivity contribution in [3.05, 3.63) is 82.2 Å². The Bertz CT molecular complexity index is 1090. The van der Waals surface area contributed by atoms with Gasteiger partial charge in [0, 0.05) is 0 Å². The standard InChI is InChI=1S/C25H21F5/c1-2-3-4-5-14-6-8-17-15(10-14)7-9-18-19(17)13-20(26)23(24(18)29)16-11-21(27)25(30)22(28)12-16/h6,8,10-13H,2-5,7,9H2,1H3. The van der Waals surface area contributed by atoms with E-state index in [1.807, 2.05) is 12.1 Å². The van der Waals surface area contributed by atoms with Crippen LogP contribution in [0.3, 0.4) is 0 Å². The number of fused-ring (bicyclic) bond motifs is 3. The van der Waals surface area contributed by atoms with Crippen molar-refractivity contribution in [3.63, 3.8) is 0 Å². The summed E-state index contributed by atoms with van der Waals surface area (Å²) in [4.78, 5) is 0. The molecular formula is C25H21F5. The average molecular weight is 416 g/mol. The molecule has 0 atom stereocenters. The van der Waals surface area contributed by atoms with Crippen molar-refractivity contribution in [3.8, 4) is 22.3 Å². The Hall–Kier alpha value is -2.69. The summed E-state index contributed by atoms with van der Waals surface area (Å²) in [6.45, 7) is 2.15. The molecule has 0 radical (unpaired) electrons. The Balaban J connectivity index is 1.77. The first kappa shape index (κ1) is 20.6. The van der Waals surface area contributed by atoms with Gasteiger partial charge in [-0.05, 0) is 77.3 Å². The molecule has 4 rings (SSSR count). The van der Waals surface area contributed by atoms with Gasteiger partial charge < -0.3 is 0 Å². The van der Waals surface area contributed by atoms with E-state index < -0.39 is 34.6 Å². The first-order valence-electron chi connectivity index (χ1n) is 10.2. The molecule has 0 spiro atoms. The highest BCUT2D eigenvalue weighted by molar-refractivity contribution is 5.78. The largest absolute Gasteiger partial charge is 0.206 e. The zero-order valence-electron chi connectivity index (χ0n) is 16.6. The first-order chi connectivity index (χ1) is 14.4. The first-order valence-corrected chi connectivity index (χ1v) is 10.2. The maximum Gasteiger partial charge on any atom is 0.194 e. The summed E-state index contributed by atoms with van der Waals surface area (Å²) in [6, 6.07) is 8.42. The Labute approximate surface area is 172 Å². The molecule has 3 aromatic rings. The van der Waals surface area contributed by atoms with Crippen molar-refractivity contribution in [2.75, 3.05) is 0 Å². The molecule has 0 saturated heterocycles. The molecule has 1 aliphatic rings. The second-order valence-corrected chi connectivity index (χ2v) is 7.78. The minimum absolute atomic E-state index is 0.308. The fraction of sp³-hybridized carbons (Fsp3) is 0.280. The van der Waals surface area contributed by atoms with E-state index in [9.17, 15) is 17.6 Å². The van der Waals surface area contributed by atoms with Crippen LogP contribution in [-0.4, -0.2) is 0 Å². The molecule has 3 aromatic carbocycles. The van der Waals surface area contributed by atoms with Crippen molar-refractivity contribution >= 4 is 0 Å². The lowest BCUT2D eigenvalue weighted by Crippen LogP contribution is -2.09. The molecule has 0 N–H and O–H groups in total. The van der Waals surface area contributed by atoms with Gasteiger partial charge in [0.15, 0.2) is 17.5 Å². The fourth-order valence-corrected chi connectivity index (χ4v) is 4.22. The molecule has 0 bridgehead atoms. The van der Waals surface area contributed by atoms with Crippen LogP contribution >= 0.6 is 0 Å². The molecule has 30 heavy (non-hydrogen) atoms. The highest BCUT2D eigenvalue weighted by Gasteiger charge is 2.26. The maximum atomic E-state index is 15.3. The van der Waals surface area contributed by atoms with Gasteiger partial charge in [-0.2, -0.15) is 0 Å². The van der Waals surface area contributed by atoms with E-state index in [1.54, 1.807) is 0 Å². The van der Waals surface area contributed by atoms with Crippen LogP contribution in [0.4, 0.5) is 22.0 Å². The third-order valence-electron chi connectivity index (χ3n) is 5.77. The smallest absolute Gasteiger partial charge is 0.194 e. The van der Waals surface area contributed by atoms with Crippen molar-refractivity contribution in [2.24, 2.45) is 0 Å². The minimum atomic E-state index is -1.67. The molecule has 1 aliphatic carbocycles. The predicted molar refractivity (Wildman–Crippen MR) is 108 cm³/mol. The zero-order chi connectivity index (χ0) is 21.4. The minimum Gasteiger partial charge on any atom is -0.206 e. The van der Waals surface area contributed by atoms with Crippen LogP contribution in [-0.2, 0) is 19.3 Å². The third kappa shape index (κ3) is 3.62. The predicted octanol–water partition coefficient (Wildman–Crippen LogP) is 7.55. The summed E-state index contributed by atoms with van der Waals surface area (Å²) in [7, 11) is 0. The van der Waals surface area contributed by atoms with Crippen LogP contribution in [0.15, 0.2) is 36.4 Å². The number of rotatable bonds is 5. The third-order valence-corrected chi connectivity index (χ3v) is 5.77. The molecule has 0 aromatic heterocycles. The number of aryl methyl sites for hydroxylation is 2. The normalized spacial score (nSPS) is 12.6. The van der Waals surface area contributed by atoms with Gasteiger partial charge in [-0.3, -0.25) is 0 Å².